The lowest BCUT2D eigenvalue weighted by Crippen LogP contribution is -2.29. The van der Waals surface area contributed by atoms with Crippen LogP contribution in [0.25, 0.3) is 0 Å². The standard InChI is InChI=1S/C13H20N2O3/c1-9(2)11(16)7-12(17)15-8-10-4-5-14-13(6-10)18-3/h4-6,9,11,16H,7-8H2,1-3H3,(H,15,17). The first kappa shape index (κ1) is 14.4. The molecule has 0 aliphatic heterocycles. The molecule has 0 saturated carbocycles. The molecule has 18 heavy (non-hydrogen) atoms. The van der Waals surface area contributed by atoms with Crippen LogP contribution in [0.5, 0.6) is 5.88 Å². The first-order chi connectivity index (χ1) is 8.52. The molecule has 5 heteroatoms. The van der Waals surface area contributed by atoms with Crippen molar-refractivity contribution in [3.05, 3.63) is 23.9 Å². The number of ether oxygens (including phenoxy) is 1. The van der Waals surface area contributed by atoms with Crippen molar-refractivity contribution in [2.75, 3.05) is 7.11 Å². The zero-order valence-electron chi connectivity index (χ0n) is 11.0. The molecule has 1 atom stereocenters. The summed E-state index contributed by atoms with van der Waals surface area (Å²) in [5, 5.41) is 12.3. The van der Waals surface area contributed by atoms with Gasteiger partial charge >= 0.3 is 0 Å². The average Bonchev–Trinajstić information content (AvgIpc) is 2.36. The van der Waals surface area contributed by atoms with Gasteiger partial charge in [0.05, 0.1) is 19.6 Å². The fourth-order valence-electron chi connectivity index (χ4n) is 1.37. The summed E-state index contributed by atoms with van der Waals surface area (Å²) in [6.45, 7) is 4.17. The highest BCUT2D eigenvalue weighted by atomic mass is 16.5. The minimum atomic E-state index is -0.600. The normalized spacial score (nSPS) is 12.3. The van der Waals surface area contributed by atoms with Crippen LogP contribution in [0.1, 0.15) is 25.8 Å². The first-order valence-electron chi connectivity index (χ1n) is 5.96. The Morgan fingerprint density at radius 2 is 2.28 bits per heavy atom. The lowest BCUT2D eigenvalue weighted by molar-refractivity contribution is -0.123. The second-order valence-electron chi connectivity index (χ2n) is 4.50. The molecule has 0 bridgehead atoms. The fourth-order valence-corrected chi connectivity index (χ4v) is 1.37. The monoisotopic (exact) mass is 252 g/mol. The Kier molecular flexibility index (Phi) is 5.58. The van der Waals surface area contributed by atoms with E-state index in [-0.39, 0.29) is 18.2 Å². The number of aliphatic hydroxyl groups is 1. The molecular formula is C13H20N2O3. The molecule has 0 saturated heterocycles. The quantitative estimate of drug-likeness (QED) is 0.795. The smallest absolute Gasteiger partial charge is 0.222 e. The van der Waals surface area contributed by atoms with Gasteiger partial charge < -0.3 is 15.2 Å². The molecule has 0 radical (unpaired) electrons. The van der Waals surface area contributed by atoms with Gasteiger partial charge in [-0.2, -0.15) is 0 Å². The third kappa shape index (κ3) is 4.71. The SMILES string of the molecule is COc1cc(CNC(=O)CC(O)C(C)C)ccn1. The van der Waals surface area contributed by atoms with Crippen LogP contribution >= 0.6 is 0 Å². The molecule has 5 nitrogen and oxygen atoms in total. The Morgan fingerprint density at radius 3 is 2.89 bits per heavy atom. The van der Waals surface area contributed by atoms with Gasteiger partial charge in [-0.3, -0.25) is 4.79 Å². The van der Waals surface area contributed by atoms with Crippen LogP contribution in [-0.4, -0.2) is 29.2 Å². The van der Waals surface area contributed by atoms with E-state index >= 15 is 0 Å². The third-order valence-electron chi connectivity index (χ3n) is 2.66. The Bertz CT molecular complexity index is 394. The van der Waals surface area contributed by atoms with Crippen LogP contribution in [-0.2, 0) is 11.3 Å². The Morgan fingerprint density at radius 1 is 1.56 bits per heavy atom. The number of aliphatic hydroxyl groups excluding tert-OH is 1. The Hall–Kier alpha value is -1.62. The minimum absolute atomic E-state index is 0.0803. The van der Waals surface area contributed by atoms with Crippen LogP contribution in [0, 0.1) is 5.92 Å². The van der Waals surface area contributed by atoms with Crippen molar-refractivity contribution in [1.29, 1.82) is 0 Å². The summed E-state index contributed by atoms with van der Waals surface area (Å²) >= 11 is 0. The van der Waals surface area contributed by atoms with Gasteiger partial charge in [0.1, 0.15) is 0 Å². The van der Waals surface area contributed by atoms with E-state index in [0.717, 1.165) is 5.56 Å². The topological polar surface area (TPSA) is 71.5 Å². The van der Waals surface area contributed by atoms with Crippen molar-refractivity contribution in [3.63, 3.8) is 0 Å². The van der Waals surface area contributed by atoms with E-state index in [1.54, 1.807) is 19.4 Å². The lowest BCUT2D eigenvalue weighted by Gasteiger charge is -2.14. The maximum Gasteiger partial charge on any atom is 0.222 e. The summed E-state index contributed by atoms with van der Waals surface area (Å²) in [7, 11) is 1.55. The van der Waals surface area contributed by atoms with Crippen LogP contribution in [0.2, 0.25) is 0 Å². The van der Waals surface area contributed by atoms with Gasteiger partial charge in [0.2, 0.25) is 11.8 Å². The maximum absolute atomic E-state index is 11.6. The number of nitrogens with zero attached hydrogens (tertiary/aromatic N) is 1. The Labute approximate surface area is 107 Å². The molecule has 100 valence electrons. The highest BCUT2D eigenvalue weighted by Gasteiger charge is 2.13. The van der Waals surface area contributed by atoms with Gasteiger partial charge in [-0.05, 0) is 17.5 Å². The molecule has 1 aromatic rings. The van der Waals surface area contributed by atoms with Gasteiger partial charge in [-0.15, -0.1) is 0 Å². The summed E-state index contributed by atoms with van der Waals surface area (Å²) in [4.78, 5) is 15.5. The molecule has 0 aliphatic carbocycles. The molecule has 0 spiro atoms. The fraction of sp³-hybridized carbons (Fsp3) is 0.538. The van der Waals surface area contributed by atoms with Gasteiger partial charge in [0.15, 0.2) is 0 Å². The number of methoxy groups -OCH3 is 1. The van der Waals surface area contributed by atoms with Crippen molar-refractivity contribution in [1.82, 2.24) is 10.3 Å². The van der Waals surface area contributed by atoms with Crippen molar-refractivity contribution in [2.45, 2.75) is 32.9 Å². The first-order valence-corrected chi connectivity index (χ1v) is 5.96. The van der Waals surface area contributed by atoms with Crippen LogP contribution in [0.15, 0.2) is 18.3 Å². The predicted molar refractivity (Wildman–Crippen MR) is 68.1 cm³/mol. The van der Waals surface area contributed by atoms with E-state index in [0.29, 0.717) is 12.4 Å². The summed E-state index contributed by atoms with van der Waals surface area (Å²) in [5.41, 5.74) is 0.911. The molecule has 0 aliphatic rings. The number of rotatable bonds is 6. The average molecular weight is 252 g/mol. The summed E-state index contributed by atoms with van der Waals surface area (Å²) in [6.07, 6.45) is 1.15. The van der Waals surface area contributed by atoms with E-state index in [4.69, 9.17) is 4.74 Å². The number of amides is 1. The van der Waals surface area contributed by atoms with Crippen molar-refractivity contribution in [3.8, 4) is 5.88 Å². The van der Waals surface area contributed by atoms with Gasteiger partial charge in [0.25, 0.3) is 0 Å². The number of hydrogen-bond donors (Lipinski definition) is 2. The highest BCUT2D eigenvalue weighted by molar-refractivity contribution is 5.76. The number of nitrogens with one attached hydrogen (secondary N) is 1. The number of pyridine rings is 1. The molecule has 0 aromatic carbocycles. The molecule has 0 fully saturated rings. The van der Waals surface area contributed by atoms with E-state index in [2.05, 4.69) is 10.3 Å². The molecule has 1 heterocycles. The highest BCUT2D eigenvalue weighted by Crippen LogP contribution is 2.09. The van der Waals surface area contributed by atoms with Gasteiger partial charge in [0, 0.05) is 18.8 Å². The van der Waals surface area contributed by atoms with Crippen LogP contribution in [0.4, 0.5) is 0 Å². The maximum atomic E-state index is 11.6. The van der Waals surface area contributed by atoms with Gasteiger partial charge in [-0.1, -0.05) is 13.8 Å². The molecule has 1 rings (SSSR count). The van der Waals surface area contributed by atoms with Gasteiger partial charge in [-0.25, -0.2) is 4.98 Å². The summed E-state index contributed by atoms with van der Waals surface area (Å²) in [5.74, 6) is 0.438. The zero-order chi connectivity index (χ0) is 13.5. The second kappa shape index (κ2) is 6.96. The molecular weight excluding hydrogens is 232 g/mol. The molecule has 1 aromatic heterocycles. The largest absolute Gasteiger partial charge is 0.481 e. The summed E-state index contributed by atoms with van der Waals surface area (Å²) < 4.78 is 4.99. The number of hydrogen-bond acceptors (Lipinski definition) is 4. The van der Waals surface area contributed by atoms with Crippen molar-refractivity contribution in [2.24, 2.45) is 5.92 Å². The van der Waals surface area contributed by atoms with E-state index < -0.39 is 6.10 Å². The minimum Gasteiger partial charge on any atom is -0.481 e. The molecule has 2 N–H and O–H groups in total. The lowest BCUT2D eigenvalue weighted by atomic mass is 10.0. The predicted octanol–water partition coefficient (Wildman–Crippen LogP) is 1.11. The van der Waals surface area contributed by atoms with Crippen molar-refractivity contribution < 1.29 is 14.6 Å². The van der Waals surface area contributed by atoms with Crippen LogP contribution < -0.4 is 10.1 Å². The number of carbonyl (C=O) groups excluding carboxylic acids is 1. The van der Waals surface area contributed by atoms with E-state index in [9.17, 15) is 9.90 Å². The van der Waals surface area contributed by atoms with E-state index in [1.165, 1.54) is 0 Å². The zero-order valence-corrected chi connectivity index (χ0v) is 11.0. The number of aromatic nitrogens is 1. The molecule has 1 amide bonds. The van der Waals surface area contributed by atoms with Crippen molar-refractivity contribution >= 4 is 5.91 Å². The number of carbonyl (C=O) groups is 1. The summed E-state index contributed by atoms with van der Waals surface area (Å²) in [6, 6.07) is 3.57. The van der Waals surface area contributed by atoms with E-state index in [1.807, 2.05) is 19.9 Å². The Balaban J connectivity index is 2.42. The third-order valence-corrected chi connectivity index (χ3v) is 2.66. The van der Waals surface area contributed by atoms with Crippen LogP contribution in [0.3, 0.4) is 0 Å². The molecule has 1 unspecified atom stereocenters. The second-order valence-corrected chi connectivity index (χ2v) is 4.50.